The van der Waals surface area contributed by atoms with Gasteiger partial charge in [0, 0.05) is 20.6 Å². The first-order valence-corrected chi connectivity index (χ1v) is 6.77. The number of nitrogens with zero attached hydrogens (tertiary/aromatic N) is 1. The summed E-state index contributed by atoms with van der Waals surface area (Å²) in [4.78, 5) is 2.23. The van der Waals surface area contributed by atoms with E-state index >= 15 is 0 Å². The Morgan fingerprint density at radius 2 is 2.00 bits per heavy atom. The molecule has 100 valence electrons. The molecule has 0 heterocycles. The Morgan fingerprint density at radius 3 is 2.31 bits per heavy atom. The van der Waals surface area contributed by atoms with Crippen LogP contribution < -0.4 is 5.32 Å². The predicted molar refractivity (Wildman–Crippen MR) is 72.9 cm³/mol. The van der Waals surface area contributed by atoms with Gasteiger partial charge in [0.2, 0.25) is 0 Å². The summed E-state index contributed by atoms with van der Waals surface area (Å²) in [6.45, 7) is 7.94. The van der Waals surface area contributed by atoms with Crippen molar-refractivity contribution < 1.29 is 6.53 Å². The fourth-order valence-electron chi connectivity index (χ4n) is 1.74. The number of aliphatic hydroxyl groups excluding tert-OH is 1. The minimum absolute atomic E-state index is 0. The van der Waals surface area contributed by atoms with Crippen LogP contribution in [0.5, 0.6) is 0 Å². The van der Waals surface area contributed by atoms with Crippen LogP contribution in [0.1, 0.15) is 47.4 Å². The molecule has 0 spiro atoms. The van der Waals surface area contributed by atoms with Gasteiger partial charge in [0.25, 0.3) is 0 Å². The third-order valence-electron chi connectivity index (χ3n) is 2.90. The van der Waals surface area contributed by atoms with E-state index in [0.717, 1.165) is 32.1 Å². The second-order valence-corrected chi connectivity index (χ2v) is 4.57. The first-order valence-electron chi connectivity index (χ1n) is 6.77. The number of hydrogen-bond acceptors (Lipinski definition) is 3. The van der Waals surface area contributed by atoms with Crippen molar-refractivity contribution in [3.05, 3.63) is 0 Å². The van der Waals surface area contributed by atoms with Gasteiger partial charge in [-0.05, 0) is 45.8 Å². The first-order chi connectivity index (χ1) is 7.74. The van der Waals surface area contributed by atoms with Gasteiger partial charge in [0.1, 0.15) is 0 Å². The van der Waals surface area contributed by atoms with Gasteiger partial charge in [-0.1, -0.05) is 20.3 Å². The normalized spacial score (nSPS) is 15.6. The molecule has 0 aromatic carbocycles. The number of rotatable bonds is 7. The van der Waals surface area contributed by atoms with Crippen molar-refractivity contribution in [2.45, 2.75) is 52.0 Å². The van der Waals surface area contributed by atoms with Gasteiger partial charge in [-0.25, -0.2) is 0 Å². The van der Waals surface area contributed by atoms with Crippen LogP contribution >= 0.6 is 0 Å². The van der Waals surface area contributed by atoms with Crippen LogP contribution in [-0.2, 0) is 0 Å². The van der Waals surface area contributed by atoms with Crippen molar-refractivity contribution in [2.75, 3.05) is 33.3 Å². The third kappa shape index (κ3) is 9.13. The predicted octanol–water partition coefficient (Wildman–Crippen LogP) is 2.10. The average Bonchev–Trinajstić information content (AvgIpc) is 2.22. The third-order valence-corrected chi connectivity index (χ3v) is 2.90. The first kappa shape index (κ1) is 15.9. The smallest absolute Gasteiger partial charge is 0.0443 e. The van der Waals surface area contributed by atoms with Crippen LogP contribution in [0.3, 0.4) is 0 Å². The molecule has 3 heteroatoms. The molecular weight excluding hydrogens is 200 g/mol. The Balaban J connectivity index is 0. The summed E-state index contributed by atoms with van der Waals surface area (Å²) in [5, 5.41) is 11.8. The molecule has 3 nitrogen and oxygen atoms in total. The van der Waals surface area contributed by atoms with Crippen LogP contribution in [0.15, 0.2) is 0 Å². The van der Waals surface area contributed by atoms with Gasteiger partial charge in [-0.3, -0.25) is 0 Å². The molecule has 0 aromatic rings. The zero-order valence-electron chi connectivity index (χ0n) is 11.3. The Kier molecular flexibility index (Phi) is 11.3. The van der Waals surface area contributed by atoms with E-state index in [2.05, 4.69) is 31.1 Å². The van der Waals surface area contributed by atoms with Gasteiger partial charge in [0.05, 0.1) is 0 Å². The maximum Gasteiger partial charge on any atom is 0.0443 e. The molecule has 0 unspecified atom stereocenters. The molecular formula is C13H32N2O. The number of nitrogens with one attached hydrogen (secondary N) is 1. The molecule has 0 saturated heterocycles. The SMILES string of the molecule is CCCN(C)CCCO.CCNC1CCC1.[HH]. The summed E-state index contributed by atoms with van der Waals surface area (Å²) in [7, 11) is 2.08. The van der Waals surface area contributed by atoms with Gasteiger partial charge in [-0.2, -0.15) is 0 Å². The van der Waals surface area contributed by atoms with E-state index in [9.17, 15) is 0 Å². The Morgan fingerprint density at radius 1 is 1.31 bits per heavy atom. The van der Waals surface area contributed by atoms with Crippen molar-refractivity contribution in [2.24, 2.45) is 0 Å². The standard InChI is InChI=1S/C7H17NO.C6H13N.H2/c1-3-5-8(2)6-4-7-9;1-2-7-6-4-3-5-6;/h9H,3-7H2,1-2H3;6-7H,2-5H2,1H3;1H. The van der Waals surface area contributed by atoms with E-state index in [4.69, 9.17) is 5.11 Å². The summed E-state index contributed by atoms with van der Waals surface area (Å²) in [6.07, 6.45) is 6.36. The largest absolute Gasteiger partial charge is 0.396 e. The van der Waals surface area contributed by atoms with Crippen LogP contribution in [0.2, 0.25) is 0 Å². The molecule has 1 rings (SSSR count). The Bertz CT molecular complexity index is 143. The van der Waals surface area contributed by atoms with E-state index in [-0.39, 0.29) is 1.43 Å². The maximum absolute atomic E-state index is 8.46. The average molecular weight is 232 g/mol. The second-order valence-electron chi connectivity index (χ2n) is 4.57. The fraction of sp³-hybridized carbons (Fsp3) is 1.00. The summed E-state index contributed by atoms with van der Waals surface area (Å²) >= 11 is 0. The summed E-state index contributed by atoms with van der Waals surface area (Å²) in [5.41, 5.74) is 0. The molecule has 0 atom stereocenters. The van der Waals surface area contributed by atoms with Crippen molar-refractivity contribution >= 4 is 0 Å². The summed E-state index contributed by atoms with van der Waals surface area (Å²) < 4.78 is 0. The van der Waals surface area contributed by atoms with Crippen molar-refractivity contribution in [1.82, 2.24) is 10.2 Å². The molecule has 2 N–H and O–H groups in total. The maximum atomic E-state index is 8.46. The highest BCUT2D eigenvalue weighted by atomic mass is 16.3. The molecule has 0 amide bonds. The number of hydrogen-bond donors (Lipinski definition) is 2. The molecule has 0 bridgehead atoms. The van der Waals surface area contributed by atoms with Crippen molar-refractivity contribution in [3.8, 4) is 0 Å². The molecule has 1 saturated carbocycles. The van der Waals surface area contributed by atoms with Crippen LogP contribution in [-0.4, -0.2) is 49.3 Å². The van der Waals surface area contributed by atoms with Crippen molar-refractivity contribution in [3.63, 3.8) is 0 Å². The topological polar surface area (TPSA) is 35.5 Å². The van der Waals surface area contributed by atoms with Gasteiger partial charge < -0.3 is 15.3 Å². The van der Waals surface area contributed by atoms with E-state index in [1.54, 1.807) is 0 Å². The Labute approximate surface area is 103 Å². The second kappa shape index (κ2) is 11.4. The molecule has 1 aliphatic carbocycles. The van der Waals surface area contributed by atoms with Crippen molar-refractivity contribution in [1.29, 1.82) is 0 Å². The molecule has 0 aromatic heterocycles. The zero-order valence-corrected chi connectivity index (χ0v) is 11.3. The molecule has 0 radical (unpaired) electrons. The molecule has 1 aliphatic rings. The van der Waals surface area contributed by atoms with E-state index in [1.165, 1.54) is 25.7 Å². The number of aliphatic hydroxyl groups is 1. The Hall–Kier alpha value is -0.120. The van der Waals surface area contributed by atoms with Gasteiger partial charge >= 0.3 is 0 Å². The highest BCUT2D eigenvalue weighted by molar-refractivity contribution is 4.74. The lowest BCUT2D eigenvalue weighted by atomic mass is 9.93. The highest BCUT2D eigenvalue weighted by Crippen LogP contribution is 2.17. The van der Waals surface area contributed by atoms with Gasteiger partial charge in [-0.15, -0.1) is 0 Å². The lowest BCUT2D eigenvalue weighted by Gasteiger charge is -2.25. The fourth-order valence-corrected chi connectivity index (χ4v) is 1.74. The lowest BCUT2D eigenvalue weighted by Crippen LogP contribution is -2.34. The lowest BCUT2D eigenvalue weighted by molar-refractivity contribution is 0.247. The summed E-state index contributed by atoms with van der Waals surface area (Å²) in [5.74, 6) is 0. The minimum atomic E-state index is 0. The van der Waals surface area contributed by atoms with Crippen LogP contribution in [0, 0.1) is 0 Å². The van der Waals surface area contributed by atoms with Crippen LogP contribution in [0.4, 0.5) is 0 Å². The minimum Gasteiger partial charge on any atom is -0.396 e. The molecule has 1 fully saturated rings. The van der Waals surface area contributed by atoms with E-state index in [0.29, 0.717) is 6.61 Å². The van der Waals surface area contributed by atoms with Crippen LogP contribution in [0.25, 0.3) is 0 Å². The quantitative estimate of drug-likeness (QED) is 0.706. The van der Waals surface area contributed by atoms with E-state index in [1.807, 2.05) is 0 Å². The molecule has 16 heavy (non-hydrogen) atoms. The molecule has 0 aliphatic heterocycles. The zero-order chi connectivity index (χ0) is 12.2. The summed E-state index contributed by atoms with van der Waals surface area (Å²) in [6, 6.07) is 0.880. The highest BCUT2D eigenvalue weighted by Gasteiger charge is 2.14. The van der Waals surface area contributed by atoms with Gasteiger partial charge in [0.15, 0.2) is 0 Å². The van der Waals surface area contributed by atoms with E-state index < -0.39 is 0 Å². The monoisotopic (exact) mass is 232 g/mol.